The average Bonchev–Trinajstić information content (AvgIpc) is 3.11. The molecule has 1 N–H and O–H groups in total. The molecule has 148 valence electrons. The molecule has 1 aliphatic heterocycles. The summed E-state index contributed by atoms with van der Waals surface area (Å²) >= 11 is 5.99. The fraction of sp³-hybridized carbons (Fsp3) is 0.261. The van der Waals surface area contributed by atoms with Gasteiger partial charge in [-0.3, -0.25) is 9.78 Å². The summed E-state index contributed by atoms with van der Waals surface area (Å²) in [6.07, 6.45) is 2.70. The maximum atomic E-state index is 12.3. The third-order valence-corrected chi connectivity index (χ3v) is 5.18. The van der Waals surface area contributed by atoms with Gasteiger partial charge in [0.2, 0.25) is 5.91 Å². The van der Waals surface area contributed by atoms with Crippen LogP contribution in [0.2, 0.25) is 5.02 Å². The van der Waals surface area contributed by atoms with Gasteiger partial charge in [0.25, 0.3) is 0 Å². The van der Waals surface area contributed by atoms with Gasteiger partial charge in [-0.15, -0.1) is 0 Å². The van der Waals surface area contributed by atoms with Crippen molar-refractivity contribution in [1.82, 2.24) is 15.3 Å². The summed E-state index contributed by atoms with van der Waals surface area (Å²) in [6, 6.07) is 13.4. The summed E-state index contributed by atoms with van der Waals surface area (Å²) in [5.41, 5.74) is 5.54. The molecule has 1 aliphatic rings. The molecule has 0 aliphatic carbocycles. The summed E-state index contributed by atoms with van der Waals surface area (Å²) < 4.78 is 6.20. The molecule has 0 unspecified atom stereocenters. The van der Waals surface area contributed by atoms with Crippen molar-refractivity contribution in [2.45, 2.75) is 32.8 Å². The van der Waals surface area contributed by atoms with E-state index in [1.165, 1.54) is 0 Å². The predicted octanol–water partition coefficient (Wildman–Crippen LogP) is 4.08. The van der Waals surface area contributed by atoms with Crippen LogP contribution in [0.3, 0.4) is 0 Å². The molecular weight excluding hydrogens is 386 g/mol. The van der Waals surface area contributed by atoms with E-state index in [1.807, 2.05) is 38.1 Å². The Bertz CT molecular complexity index is 1070. The minimum Gasteiger partial charge on any atom is -0.487 e. The van der Waals surface area contributed by atoms with Crippen molar-refractivity contribution in [1.29, 1.82) is 0 Å². The van der Waals surface area contributed by atoms with Crippen LogP contribution in [-0.4, -0.2) is 28.5 Å². The van der Waals surface area contributed by atoms with E-state index in [0.717, 1.165) is 45.9 Å². The van der Waals surface area contributed by atoms with E-state index in [1.54, 1.807) is 18.3 Å². The number of aromatic nitrogens is 2. The Morgan fingerprint density at radius 3 is 2.90 bits per heavy atom. The van der Waals surface area contributed by atoms with Crippen LogP contribution >= 0.6 is 11.6 Å². The van der Waals surface area contributed by atoms with Crippen LogP contribution in [0.5, 0.6) is 5.75 Å². The van der Waals surface area contributed by atoms with Gasteiger partial charge >= 0.3 is 0 Å². The van der Waals surface area contributed by atoms with Crippen LogP contribution in [-0.2, 0) is 17.6 Å². The summed E-state index contributed by atoms with van der Waals surface area (Å²) in [5.74, 6) is 0.789. The number of benzene rings is 2. The summed E-state index contributed by atoms with van der Waals surface area (Å²) in [6.45, 7) is 4.33. The SMILES string of the molecule is Cc1cnc(C)c(-c2cccc3c2O[C@@H](CNC(=O)Cc2cccc(Cl)c2)C3)n1. The summed E-state index contributed by atoms with van der Waals surface area (Å²) in [7, 11) is 0. The number of hydrogen-bond donors (Lipinski definition) is 1. The number of aryl methyl sites for hydroxylation is 2. The molecule has 0 bridgehead atoms. The van der Waals surface area contributed by atoms with Crippen molar-refractivity contribution in [2.75, 3.05) is 6.54 Å². The first kappa shape index (κ1) is 19.4. The molecule has 1 amide bonds. The van der Waals surface area contributed by atoms with Crippen molar-refractivity contribution in [2.24, 2.45) is 0 Å². The number of fused-ring (bicyclic) bond motifs is 1. The Morgan fingerprint density at radius 2 is 2.07 bits per heavy atom. The van der Waals surface area contributed by atoms with Crippen LogP contribution in [0.4, 0.5) is 0 Å². The number of halogens is 1. The number of rotatable bonds is 5. The molecule has 1 aromatic heterocycles. The third kappa shape index (κ3) is 4.40. The number of hydrogen-bond acceptors (Lipinski definition) is 4. The fourth-order valence-corrected chi connectivity index (χ4v) is 3.77. The van der Waals surface area contributed by atoms with Gasteiger partial charge in [-0.2, -0.15) is 0 Å². The predicted molar refractivity (Wildman–Crippen MR) is 113 cm³/mol. The Kier molecular flexibility index (Phi) is 5.49. The van der Waals surface area contributed by atoms with Crippen molar-refractivity contribution < 1.29 is 9.53 Å². The molecule has 2 aromatic carbocycles. The van der Waals surface area contributed by atoms with E-state index < -0.39 is 0 Å². The number of para-hydroxylation sites is 1. The Balaban J connectivity index is 1.43. The van der Waals surface area contributed by atoms with Gasteiger partial charge in [0, 0.05) is 23.2 Å². The minimum absolute atomic E-state index is 0.0487. The normalized spacial score (nSPS) is 14.9. The van der Waals surface area contributed by atoms with E-state index in [-0.39, 0.29) is 12.0 Å². The van der Waals surface area contributed by atoms with Gasteiger partial charge in [-0.25, -0.2) is 4.98 Å². The second kappa shape index (κ2) is 8.21. The largest absolute Gasteiger partial charge is 0.487 e. The molecule has 0 radical (unpaired) electrons. The molecule has 2 heterocycles. The zero-order chi connectivity index (χ0) is 20.4. The lowest BCUT2D eigenvalue weighted by Crippen LogP contribution is -2.35. The zero-order valence-electron chi connectivity index (χ0n) is 16.4. The maximum absolute atomic E-state index is 12.3. The van der Waals surface area contributed by atoms with Crippen LogP contribution in [0, 0.1) is 13.8 Å². The number of nitrogens with zero attached hydrogens (tertiary/aromatic N) is 2. The zero-order valence-corrected chi connectivity index (χ0v) is 17.2. The number of carbonyl (C=O) groups excluding carboxylic acids is 1. The molecular formula is C23H22ClN3O2. The summed E-state index contributed by atoms with van der Waals surface area (Å²) in [4.78, 5) is 21.4. The van der Waals surface area contributed by atoms with Crippen LogP contribution in [0.1, 0.15) is 22.5 Å². The number of nitrogens with one attached hydrogen (secondary N) is 1. The molecule has 4 rings (SSSR count). The van der Waals surface area contributed by atoms with E-state index in [2.05, 4.69) is 21.4 Å². The lowest BCUT2D eigenvalue weighted by Gasteiger charge is -2.14. The molecule has 5 nitrogen and oxygen atoms in total. The number of carbonyl (C=O) groups is 1. The fourth-order valence-electron chi connectivity index (χ4n) is 3.55. The van der Waals surface area contributed by atoms with Gasteiger partial charge in [-0.05, 0) is 43.2 Å². The highest BCUT2D eigenvalue weighted by atomic mass is 35.5. The van der Waals surface area contributed by atoms with Gasteiger partial charge in [0.1, 0.15) is 11.9 Å². The standard InChI is InChI=1S/C23H22ClN3O2/c1-14-12-25-15(2)22(27-14)20-8-4-6-17-11-19(29-23(17)20)13-26-21(28)10-16-5-3-7-18(24)9-16/h3-9,12,19H,10-11,13H2,1-2H3,(H,26,28)/t19-/m1/s1. The Hall–Kier alpha value is -2.92. The third-order valence-electron chi connectivity index (χ3n) is 4.94. The molecule has 1 atom stereocenters. The van der Waals surface area contributed by atoms with Crippen LogP contribution in [0.15, 0.2) is 48.7 Å². The number of ether oxygens (including phenoxy) is 1. The molecule has 3 aromatic rings. The van der Waals surface area contributed by atoms with E-state index >= 15 is 0 Å². The van der Waals surface area contributed by atoms with Gasteiger partial charge < -0.3 is 10.1 Å². The Labute approximate surface area is 175 Å². The summed E-state index contributed by atoms with van der Waals surface area (Å²) in [5, 5.41) is 3.60. The second-order valence-electron chi connectivity index (χ2n) is 7.29. The van der Waals surface area contributed by atoms with Gasteiger partial charge in [0.05, 0.1) is 30.0 Å². The first-order valence-corrected chi connectivity index (χ1v) is 9.97. The van der Waals surface area contributed by atoms with Crippen molar-refractivity contribution >= 4 is 17.5 Å². The first-order valence-electron chi connectivity index (χ1n) is 9.60. The Morgan fingerprint density at radius 1 is 1.24 bits per heavy atom. The van der Waals surface area contributed by atoms with Gasteiger partial charge in [-0.1, -0.05) is 35.9 Å². The first-order chi connectivity index (χ1) is 14.0. The highest BCUT2D eigenvalue weighted by Gasteiger charge is 2.27. The smallest absolute Gasteiger partial charge is 0.224 e. The highest BCUT2D eigenvalue weighted by Crippen LogP contribution is 2.38. The monoisotopic (exact) mass is 407 g/mol. The average molecular weight is 408 g/mol. The minimum atomic E-state index is -0.104. The molecule has 0 saturated heterocycles. The lowest BCUT2D eigenvalue weighted by molar-refractivity contribution is -0.120. The molecule has 29 heavy (non-hydrogen) atoms. The molecule has 6 heteroatoms. The van der Waals surface area contributed by atoms with Crippen molar-refractivity contribution in [3.8, 4) is 17.0 Å². The van der Waals surface area contributed by atoms with Crippen LogP contribution in [0.25, 0.3) is 11.3 Å². The lowest BCUT2D eigenvalue weighted by atomic mass is 10.0. The van der Waals surface area contributed by atoms with E-state index in [9.17, 15) is 4.79 Å². The van der Waals surface area contributed by atoms with Gasteiger partial charge in [0.15, 0.2) is 0 Å². The maximum Gasteiger partial charge on any atom is 0.224 e. The number of amides is 1. The molecule has 0 fully saturated rings. The van der Waals surface area contributed by atoms with E-state index in [0.29, 0.717) is 18.0 Å². The molecule has 0 spiro atoms. The van der Waals surface area contributed by atoms with Crippen molar-refractivity contribution in [3.05, 3.63) is 76.2 Å². The highest BCUT2D eigenvalue weighted by molar-refractivity contribution is 6.30. The quantitative estimate of drug-likeness (QED) is 0.692. The van der Waals surface area contributed by atoms with Crippen LogP contribution < -0.4 is 10.1 Å². The van der Waals surface area contributed by atoms with E-state index in [4.69, 9.17) is 16.3 Å². The second-order valence-corrected chi connectivity index (χ2v) is 7.73. The topological polar surface area (TPSA) is 64.1 Å². The molecule has 0 saturated carbocycles. The van der Waals surface area contributed by atoms with Crippen molar-refractivity contribution in [3.63, 3.8) is 0 Å².